The summed E-state index contributed by atoms with van der Waals surface area (Å²) in [5, 5.41) is 3.34. The van der Waals surface area contributed by atoms with Crippen LogP contribution in [-0.2, 0) is 21.6 Å². The van der Waals surface area contributed by atoms with Crippen LogP contribution in [0.3, 0.4) is 0 Å². The van der Waals surface area contributed by atoms with Gasteiger partial charge in [0.15, 0.2) is 0 Å². The van der Waals surface area contributed by atoms with Crippen molar-refractivity contribution in [3.05, 3.63) is 46.8 Å². The zero-order valence-corrected chi connectivity index (χ0v) is 17.6. The number of likely N-dealkylation sites (tertiary alicyclic amines) is 1. The Bertz CT molecular complexity index is 824. The Balaban J connectivity index is 0.00000192. The quantitative estimate of drug-likeness (QED) is 0.802. The fourth-order valence-corrected chi connectivity index (χ4v) is 6.02. The molecule has 1 aromatic heterocycles. The highest BCUT2D eigenvalue weighted by Gasteiger charge is 2.43. The molecule has 3 aliphatic heterocycles. The fourth-order valence-electron chi connectivity index (χ4n) is 4.78. The summed E-state index contributed by atoms with van der Waals surface area (Å²) in [5.41, 5.74) is 2.47. The third kappa shape index (κ3) is 3.50. The molecule has 1 atom stereocenters. The van der Waals surface area contributed by atoms with Crippen molar-refractivity contribution in [2.75, 3.05) is 26.2 Å². The number of thiophene rings is 1. The zero-order valence-electron chi connectivity index (χ0n) is 16.0. The molecule has 0 radical (unpaired) electrons. The van der Waals surface area contributed by atoms with E-state index in [9.17, 15) is 4.79 Å². The van der Waals surface area contributed by atoms with Crippen LogP contribution in [0.2, 0.25) is 0 Å². The van der Waals surface area contributed by atoms with E-state index in [0.29, 0.717) is 0 Å². The highest BCUT2D eigenvalue weighted by atomic mass is 35.5. The molecule has 2 aromatic rings. The molecular weight excluding hydrogens is 392 g/mol. The topological polar surface area (TPSA) is 41.6 Å². The van der Waals surface area contributed by atoms with Crippen LogP contribution in [0.15, 0.2) is 36.4 Å². The van der Waals surface area contributed by atoms with Crippen LogP contribution in [0.4, 0.5) is 0 Å². The molecule has 4 heterocycles. The van der Waals surface area contributed by atoms with Crippen LogP contribution < -0.4 is 5.32 Å². The van der Waals surface area contributed by atoms with Gasteiger partial charge in [0.2, 0.25) is 5.91 Å². The van der Waals surface area contributed by atoms with Crippen LogP contribution in [0.5, 0.6) is 0 Å². The highest BCUT2D eigenvalue weighted by Crippen LogP contribution is 2.46. The number of amides is 1. The van der Waals surface area contributed by atoms with Crippen LogP contribution in [0.25, 0.3) is 10.4 Å². The molecule has 0 aliphatic carbocycles. The second kappa shape index (κ2) is 8.15. The molecule has 0 unspecified atom stereocenters. The number of nitrogens with one attached hydrogen (secondary N) is 1. The normalized spacial score (nSPS) is 23.3. The molecule has 28 heavy (non-hydrogen) atoms. The van der Waals surface area contributed by atoms with Crippen LogP contribution in [0.1, 0.15) is 36.1 Å². The van der Waals surface area contributed by atoms with Gasteiger partial charge in [-0.15, -0.1) is 23.7 Å². The summed E-state index contributed by atoms with van der Waals surface area (Å²) in [6, 6.07) is 13.0. The van der Waals surface area contributed by atoms with E-state index in [-0.39, 0.29) is 30.0 Å². The number of halogens is 1. The summed E-state index contributed by atoms with van der Waals surface area (Å²) in [6.07, 6.45) is 4.90. The summed E-state index contributed by atoms with van der Waals surface area (Å²) in [6.45, 7) is 3.36. The number of carbonyl (C=O) groups excluding carboxylic acids is 1. The SMILES string of the molecule is Cl.O=C([C@H]1CCCN1)N1CCC2(CC1)OCCc1sc(-c3ccccc3)cc12. The number of ether oxygens (including phenoxy) is 1. The van der Waals surface area contributed by atoms with Gasteiger partial charge in [0, 0.05) is 29.3 Å². The van der Waals surface area contributed by atoms with Crippen molar-refractivity contribution in [2.45, 2.75) is 43.7 Å². The first-order chi connectivity index (χ1) is 13.3. The molecule has 5 rings (SSSR count). The van der Waals surface area contributed by atoms with E-state index < -0.39 is 0 Å². The van der Waals surface area contributed by atoms with Gasteiger partial charge >= 0.3 is 0 Å². The lowest BCUT2D eigenvalue weighted by Crippen LogP contribution is -2.51. The molecule has 2 fully saturated rings. The van der Waals surface area contributed by atoms with Gasteiger partial charge < -0.3 is 15.0 Å². The monoisotopic (exact) mass is 418 g/mol. The second-order valence-electron chi connectivity index (χ2n) is 7.88. The van der Waals surface area contributed by atoms with E-state index in [1.54, 1.807) is 0 Å². The van der Waals surface area contributed by atoms with Gasteiger partial charge in [-0.25, -0.2) is 0 Å². The van der Waals surface area contributed by atoms with Crippen molar-refractivity contribution >= 4 is 29.7 Å². The van der Waals surface area contributed by atoms with E-state index >= 15 is 0 Å². The maximum absolute atomic E-state index is 12.7. The Morgan fingerprint density at radius 3 is 2.71 bits per heavy atom. The Labute approximate surface area is 176 Å². The summed E-state index contributed by atoms with van der Waals surface area (Å²) in [7, 11) is 0. The number of rotatable bonds is 2. The molecule has 1 aromatic carbocycles. The molecule has 0 saturated carbocycles. The van der Waals surface area contributed by atoms with Crippen molar-refractivity contribution in [1.29, 1.82) is 0 Å². The lowest BCUT2D eigenvalue weighted by atomic mass is 9.82. The summed E-state index contributed by atoms with van der Waals surface area (Å²) in [5.74, 6) is 0.286. The average molecular weight is 419 g/mol. The fraction of sp³-hybridized carbons (Fsp3) is 0.500. The number of benzene rings is 1. The maximum Gasteiger partial charge on any atom is 0.239 e. The third-order valence-electron chi connectivity index (χ3n) is 6.31. The van der Waals surface area contributed by atoms with Crippen LogP contribution >= 0.6 is 23.7 Å². The Kier molecular flexibility index (Phi) is 5.79. The molecule has 1 spiro atoms. The molecule has 4 nitrogen and oxygen atoms in total. The minimum atomic E-state index is -0.197. The number of nitrogens with zero attached hydrogens (tertiary/aromatic N) is 1. The molecule has 0 bridgehead atoms. The van der Waals surface area contributed by atoms with Gasteiger partial charge in [-0.2, -0.15) is 0 Å². The molecule has 3 aliphatic rings. The van der Waals surface area contributed by atoms with E-state index in [2.05, 4.69) is 46.6 Å². The third-order valence-corrected chi connectivity index (χ3v) is 7.55. The van der Waals surface area contributed by atoms with E-state index in [1.165, 1.54) is 20.9 Å². The number of hydrogen-bond acceptors (Lipinski definition) is 4. The maximum atomic E-state index is 12.7. The van der Waals surface area contributed by atoms with E-state index in [1.807, 2.05) is 11.3 Å². The minimum absolute atomic E-state index is 0. The number of fused-ring (bicyclic) bond motifs is 2. The lowest BCUT2D eigenvalue weighted by Gasteiger charge is -2.44. The predicted octanol–water partition coefficient (Wildman–Crippen LogP) is 3.98. The van der Waals surface area contributed by atoms with Gasteiger partial charge in [0.05, 0.1) is 18.2 Å². The van der Waals surface area contributed by atoms with Gasteiger partial charge in [0.1, 0.15) is 0 Å². The smallest absolute Gasteiger partial charge is 0.239 e. The van der Waals surface area contributed by atoms with E-state index in [4.69, 9.17) is 4.74 Å². The number of hydrogen-bond donors (Lipinski definition) is 1. The molecule has 1 N–H and O–H groups in total. The van der Waals surface area contributed by atoms with Crippen molar-refractivity contribution in [3.63, 3.8) is 0 Å². The van der Waals surface area contributed by atoms with Crippen molar-refractivity contribution in [1.82, 2.24) is 10.2 Å². The van der Waals surface area contributed by atoms with E-state index in [0.717, 1.165) is 58.3 Å². The van der Waals surface area contributed by atoms with Gasteiger partial charge in [-0.1, -0.05) is 30.3 Å². The standard InChI is InChI=1S/C22H26N2O2S.ClH/c25-21(18-7-4-11-23-18)24-12-9-22(10-13-24)17-15-20(16-5-2-1-3-6-16)27-19(17)8-14-26-22;/h1-3,5-6,15,18,23H,4,7-14H2;1H/t18-;/m1./s1. The summed E-state index contributed by atoms with van der Waals surface area (Å²) < 4.78 is 6.39. The highest BCUT2D eigenvalue weighted by molar-refractivity contribution is 7.15. The first-order valence-corrected chi connectivity index (χ1v) is 10.9. The second-order valence-corrected chi connectivity index (χ2v) is 9.02. The summed E-state index contributed by atoms with van der Waals surface area (Å²) in [4.78, 5) is 17.6. The van der Waals surface area contributed by atoms with Crippen molar-refractivity contribution < 1.29 is 9.53 Å². The van der Waals surface area contributed by atoms with Gasteiger partial charge in [-0.3, -0.25) is 4.79 Å². The first-order valence-electron chi connectivity index (χ1n) is 10.1. The number of carbonyl (C=O) groups is 1. The minimum Gasteiger partial charge on any atom is -0.370 e. The molecule has 150 valence electrons. The van der Waals surface area contributed by atoms with Crippen LogP contribution in [0, 0.1) is 0 Å². The molecule has 2 saturated heterocycles. The zero-order chi connectivity index (χ0) is 18.3. The summed E-state index contributed by atoms with van der Waals surface area (Å²) >= 11 is 1.91. The molecule has 1 amide bonds. The average Bonchev–Trinajstić information content (AvgIpc) is 3.40. The Morgan fingerprint density at radius 2 is 2.00 bits per heavy atom. The van der Waals surface area contributed by atoms with Crippen LogP contribution in [-0.4, -0.2) is 43.1 Å². The van der Waals surface area contributed by atoms with Gasteiger partial charge in [-0.05, 0) is 49.4 Å². The predicted molar refractivity (Wildman–Crippen MR) is 115 cm³/mol. The first kappa shape index (κ1) is 19.9. The molecule has 6 heteroatoms. The largest absolute Gasteiger partial charge is 0.370 e. The number of piperidine rings is 1. The van der Waals surface area contributed by atoms with Crippen molar-refractivity contribution in [2.24, 2.45) is 0 Å². The Morgan fingerprint density at radius 1 is 1.21 bits per heavy atom. The van der Waals surface area contributed by atoms with Crippen molar-refractivity contribution in [3.8, 4) is 10.4 Å². The van der Waals surface area contributed by atoms with Gasteiger partial charge in [0.25, 0.3) is 0 Å². The lowest BCUT2D eigenvalue weighted by molar-refractivity contribution is -0.142. The Hall–Kier alpha value is -1.40. The molecular formula is C22H27ClN2O2S.